The molecule has 0 amide bonds. The van der Waals surface area contributed by atoms with E-state index in [2.05, 4.69) is 30.4 Å². The summed E-state index contributed by atoms with van der Waals surface area (Å²) >= 11 is 0. The lowest BCUT2D eigenvalue weighted by Crippen LogP contribution is -2.23. The second-order valence-electron chi connectivity index (χ2n) is 4.98. The maximum atomic E-state index is 13.2. The van der Waals surface area contributed by atoms with Gasteiger partial charge in [0.15, 0.2) is 0 Å². The number of ether oxygens (including phenoxy) is 1. The molecule has 1 unspecified atom stereocenters. The van der Waals surface area contributed by atoms with Gasteiger partial charge < -0.3 is 10.1 Å². The fourth-order valence-corrected chi connectivity index (χ4v) is 2.12. The van der Waals surface area contributed by atoms with Crippen molar-refractivity contribution in [1.29, 1.82) is 0 Å². The van der Waals surface area contributed by atoms with Gasteiger partial charge in [-0.25, -0.2) is 4.39 Å². The van der Waals surface area contributed by atoms with Gasteiger partial charge in [-0.2, -0.15) is 0 Å². The van der Waals surface area contributed by atoms with E-state index < -0.39 is 0 Å². The van der Waals surface area contributed by atoms with Crippen molar-refractivity contribution in [1.82, 2.24) is 5.32 Å². The lowest BCUT2D eigenvalue weighted by Gasteiger charge is -2.18. The van der Waals surface area contributed by atoms with E-state index in [0.717, 1.165) is 0 Å². The summed E-state index contributed by atoms with van der Waals surface area (Å²) in [6, 6.07) is 13.3. The Bertz CT molecular complexity index is 583. The highest BCUT2D eigenvalue weighted by Crippen LogP contribution is 2.19. The second-order valence-corrected chi connectivity index (χ2v) is 4.98. The summed E-state index contributed by atoms with van der Waals surface area (Å²) in [6.45, 7) is 4.31. The van der Waals surface area contributed by atoms with Crippen LogP contribution in [0.2, 0.25) is 0 Å². The Morgan fingerprint density at radius 1 is 1.15 bits per heavy atom. The van der Waals surface area contributed by atoms with Gasteiger partial charge in [-0.3, -0.25) is 0 Å². The number of halogens is 1. The molecule has 0 spiro atoms. The Morgan fingerprint density at radius 3 is 2.60 bits per heavy atom. The largest absolute Gasteiger partial charge is 0.492 e. The molecule has 0 aliphatic heterocycles. The molecule has 0 heterocycles. The van der Waals surface area contributed by atoms with Crippen LogP contribution in [0.15, 0.2) is 42.5 Å². The normalized spacial score (nSPS) is 12.2. The van der Waals surface area contributed by atoms with Gasteiger partial charge in [0.25, 0.3) is 0 Å². The number of benzene rings is 2. The molecule has 0 saturated heterocycles. The number of hydrogen-bond acceptors (Lipinski definition) is 2. The first-order valence-corrected chi connectivity index (χ1v) is 6.73. The topological polar surface area (TPSA) is 21.3 Å². The quantitative estimate of drug-likeness (QED) is 0.895. The van der Waals surface area contributed by atoms with E-state index in [4.69, 9.17) is 4.74 Å². The molecule has 0 aliphatic carbocycles. The summed E-state index contributed by atoms with van der Waals surface area (Å²) in [5, 5.41) is 3.24. The monoisotopic (exact) mass is 273 g/mol. The molecule has 106 valence electrons. The summed E-state index contributed by atoms with van der Waals surface area (Å²) in [6.07, 6.45) is 0. The fraction of sp³-hybridized carbons (Fsp3) is 0.294. The molecule has 0 aliphatic rings. The van der Waals surface area contributed by atoms with E-state index in [0.29, 0.717) is 17.9 Å². The van der Waals surface area contributed by atoms with Crippen molar-refractivity contribution in [2.24, 2.45) is 0 Å². The smallest absolute Gasteiger partial charge is 0.126 e. The summed E-state index contributed by atoms with van der Waals surface area (Å²) in [5.41, 5.74) is 3.01. The van der Waals surface area contributed by atoms with Crippen LogP contribution in [0, 0.1) is 19.7 Å². The Hall–Kier alpha value is -1.87. The Kier molecular flexibility index (Phi) is 4.74. The third-order valence-electron chi connectivity index (χ3n) is 3.34. The minimum absolute atomic E-state index is 0.111. The van der Waals surface area contributed by atoms with Gasteiger partial charge in [0.05, 0.1) is 6.04 Å². The van der Waals surface area contributed by atoms with Gasteiger partial charge in [-0.05, 0) is 50.2 Å². The summed E-state index contributed by atoms with van der Waals surface area (Å²) in [5.74, 6) is 0.484. The van der Waals surface area contributed by atoms with Crippen molar-refractivity contribution in [3.63, 3.8) is 0 Å². The van der Waals surface area contributed by atoms with Gasteiger partial charge in [0.2, 0.25) is 0 Å². The highest BCUT2D eigenvalue weighted by atomic mass is 19.1. The summed E-state index contributed by atoms with van der Waals surface area (Å²) in [7, 11) is 1.91. The zero-order chi connectivity index (χ0) is 14.5. The minimum atomic E-state index is -0.207. The lowest BCUT2D eigenvalue weighted by molar-refractivity contribution is 0.272. The van der Waals surface area contributed by atoms with E-state index in [1.165, 1.54) is 17.2 Å². The number of rotatable bonds is 5. The molecule has 2 rings (SSSR count). The van der Waals surface area contributed by atoms with Crippen LogP contribution in [0.3, 0.4) is 0 Å². The standard InChI is InChI=1S/C17H20FNO/c1-12-5-4-6-14(9-12)17(19-3)11-20-15-7-8-16(18)13(2)10-15/h4-10,17,19H,11H2,1-3H3. The van der Waals surface area contributed by atoms with Crippen LogP contribution in [0.25, 0.3) is 0 Å². The predicted molar refractivity (Wildman–Crippen MR) is 79.6 cm³/mol. The molecule has 2 nitrogen and oxygen atoms in total. The molecule has 0 aromatic heterocycles. The molecule has 1 N–H and O–H groups in total. The first-order valence-electron chi connectivity index (χ1n) is 6.73. The highest BCUT2D eigenvalue weighted by Gasteiger charge is 2.10. The van der Waals surface area contributed by atoms with Crippen LogP contribution in [-0.4, -0.2) is 13.7 Å². The molecule has 1 atom stereocenters. The molecule has 0 saturated carbocycles. The molecule has 0 bridgehead atoms. The van der Waals surface area contributed by atoms with Crippen LogP contribution < -0.4 is 10.1 Å². The van der Waals surface area contributed by atoms with Gasteiger partial charge in [-0.1, -0.05) is 29.8 Å². The average molecular weight is 273 g/mol. The van der Waals surface area contributed by atoms with Gasteiger partial charge in [0.1, 0.15) is 18.2 Å². The molecular weight excluding hydrogens is 253 g/mol. The second kappa shape index (κ2) is 6.53. The lowest BCUT2D eigenvalue weighted by atomic mass is 10.1. The zero-order valence-corrected chi connectivity index (χ0v) is 12.1. The first kappa shape index (κ1) is 14.5. The molecular formula is C17H20FNO. The van der Waals surface area contributed by atoms with Gasteiger partial charge in [-0.15, -0.1) is 0 Å². The van der Waals surface area contributed by atoms with Gasteiger partial charge in [0, 0.05) is 0 Å². The third kappa shape index (κ3) is 3.58. The van der Waals surface area contributed by atoms with Gasteiger partial charge >= 0.3 is 0 Å². The molecule has 20 heavy (non-hydrogen) atoms. The van der Waals surface area contributed by atoms with Crippen LogP contribution in [0.5, 0.6) is 5.75 Å². The van der Waals surface area contributed by atoms with Crippen molar-refractivity contribution < 1.29 is 9.13 Å². The summed E-state index contributed by atoms with van der Waals surface area (Å²) in [4.78, 5) is 0. The van der Waals surface area contributed by atoms with Crippen molar-refractivity contribution in [3.05, 3.63) is 65.0 Å². The van der Waals surface area contributed by atoms with Crippen LogP contribution in [-0.2, 0) is 0 Å². The molecule has 2 aromatic carbocycles. The highest BCUT2D eigenvalue weighted by molar-refractivity contribution is 5.29. The maximum absolute atomic E-state index is 13.2. The number of aryl methyl sites for hydroxylation is 2. The number of likely N-dealkylation sites (N-methyl/N-ethyl adjacent to an activating group) is 1. The Balaban J connectivity index is 2.05. The van der Waals surface area contributed by atoms with Crippen molar-refractivity contribution in [2.45, 2.75) is 19.9 Å². The molecule has 0 radical (unpaired) electrons. The van der Waals surface area contributed by atoms with Crippen molar-refractivity contribution >= 4 is 0 Å². The van der Waals surface area contributed by atoms with Crippen LogP contribution >= 0.6 is 0 Å². The Morgan fingerprint density at radius 2 is 1.95 bits per heavy atom. The van der Waals surface area contributed by atoms with Crippen molar-refractivity contribution in [3.8, 4) is 5.75 Å². The van der Waals surface area contributed by atoms with Crippen LogP contribution in [0.4, 0.5) is 4.39 Å². The fourth-order valence-electron chi connectivity index (χ4n) is 2.12. The first-order chi connectivity index (χ1) is 9.60. The van der Waals surface area contributed by atoms with E-state index in [1.54, 1.807) is 19.1 Å². The minimum Gasteiger partial charge on any atom is -0.492 e. The van der Waals surface area contributed by atoms with E-state index in [9.17, 15) is 4.39 Å². The average Bonchev–Trinajstić information content (AvgIpc) is 2.43. The third-order valence-corrected chi connectivity index (χ3v) is 3.34. The number of hydrogen-bond donors (Lipinski definition) is 1. The SMILES string of the molecule is CNC(COc1ccc(F)c(C)c1)c1cccc(C)c1. The Labute approximate surface area is 119 Å². The van der Waals surface area contributed by atoms with E-state index in [-0.39, 0.29) is 11.9 Å². The molecule has 0 fully saturated rings. The van der Waals surface area contributed by atoms with E-state index >= 15 is 0 Å². The zero-order valence-electron chi connectivity index (χ0n) is 12.1. The number of nitrogens with one attached hydrogen (secondary N) is 1. The summed E-state index contributed by atoms with van der Waals surface area (Å²) < 4.78 is 19.0. The van der Waals surface area contributed by atoms with E-state index in [1.807, 2.05) is 13.1 Å². The molecule has 3 heteroatoms. The van der Waals surface area contributed by atoms with Crippen LogP contribution in [0.1, 0.15) is 22.7 Å². The predicted octanol–water partition coefficient (Wildman–Crippen LogP) is 3.78. The molecule has 2 aromatic rings. The van der Waals surface area contributed by atoms with Crippen molar-refractivity contribution in [2.75, 3.05) is 13.7 Å². The maximum Gasteiger partial charge on any atom is 0.126 e.